The van der Waals surface area contributed by atoms with Crippen molar-refractivity contribution in [2.45, 2.75) is 37.6 Å². The zero-order valence-corrected chi connectivity index (χ0v) is 18.2. The smallest absolute Gasteiger partial charge is 0.114 e. The van der Waals surface area contributed by atoms with Crippen LogP contribution in [0.5, 0.6) is 0 Å². The van der Waals surface area contributed by atoms with Crippen LogP contribution in [0.25, 0.3) is 0 Å². The second kappa shape index (κ2) is 8.12. The lowest BCUT2D eigenvalue weighted by molar-refractivity contribution is 0.598. The number of fused-ring (bicyclic) bond motifs is 1. The van der Waals surface area contributed by atoms with Crippen LogP contribution in [0.2, 0.25) is 0 Å². The molecule has 1 aromatic heterocycles. The summed E-state index contributed by atoms with van der Waals surface area (Å²) in [6.45, 7) is 2.37. The van der Waals surface area contributed by atoms with E-state index >= 15 is 0 Å². The minimum atomic E-state index is -0.444. The molecule has 1 unspecified atom stereocenters. The normalized spacial score (nSPS) is 16.1. The maximum Gasteiger partial charge on any atom is 0.114 e. The van der Waals surface area contributed by atoms with Gasteiger partial charge in [-0.1, -0.05) is 97.9 Å². The van der Waals surface area contributed by atoms with Gasteiger partial charge in [0.2, 0.25) is 0 Å². The van der Waals surface area contributed by atoms with E-state index in [1.54, 1.807) is 4.88 Å². The van der Waals surface area contributed by atoms with E-state index in [9.17, 15) is 0 Å². The van der Waals surface area contributed by atoms with E-state index in [2.05, 4.69) is 109 Å². The van der Waals surface area contributed by atoms with Gasteiger partial charge in [0.25, 0.3) is 0 Å². The molecule has 5 rings (SSSR count). The molecule has 1 N–H and O–H groups in total. The summed E-state index contributed by atoms with van der Waals surface area (Å²) in [6, 6.07) is 35.0. The van der Waals surface area contributed by atoms with Gasteiger partial charge in [0.1, 0.15) is 5.54 Å². The summed E-state index contributed by atoms with van der Waals surface area (Å²) in [5.41, 5.74) is 4.85. The predicted molar refractivity (Wildman–Crippen MR) is 129 cm³/mol. The number of thiophene rings is 1. The van der Waals surface area contributed by atoms with E-state index in [0.29, 0.717) is 5.92 Å². The molecule has 1 aliphatic rings. The molecule has 2 heteroatoms. The van der Waals surface area contributed by atoms with Gasteiger partial charge in [-0.05, 0) is 53.5 Å². The average Bonchev–Trinajstić information content (AvgIpc) is 3.23. The van der Waals surface area contributed by atoms with Crippen molar-refractivity contribution in [1.29, 1.82) is 0 Å². The van der Waals surface area contributed by atoms with E-state index in [1.807, 2.05) is 11.3 Å². The summed E-state index contributed by atoms with van der Waals surface area (Å²) < 4.78 is 0. The third-order valence-corrected chi connectivity index (χ3v) is 7.47. The number of benzene rings is 3. The van der Waals surface area contributed by atoms with E-state index in [0.717, 1.165) is 0 Å². The van der Waals surface area contributed by atoms with E-state index in [1.165, 1.54) is 46.5 Å². The molecule has 0 saturated carbocycles. The molecule has 0 fully saturated rings. The second-order valence-electron chi connectivity index (χ2n) is 8.26. The van der Waals surface area contributed by atoms with Crippen molar-refractivity contribution in [1.82, 2.24) is 0 Å². The number of hydrogen-bond donors (Lipinski definition) is 1. The fourth-order valence-electron chi connectivity index (χ4n) is 4.81. The van der Waals surface area contributed by atoms with Crippen LogP contribution >= 0.6 is 11.3 Å². The number of aryl methyl sites for hydroxylation is 1. The Labute approximate surface area is 183 Å². The van der Waals surface area contributed by atoms with Crippen molar-refractivity contribution >= 4 is 16.3 Å². The van der Waals surface area contributed by atoms with Gasteiger partial charge < -0.3 is 5.32 Å². The number of rotatable bonds is 5. The van der Waals surface area contributed by atoms with Crippen molar-refractivity contribution in [2.75, 3.05) is 5.32 Å². The van der Waals surface area contributed by atoms with Crippen molar-refractivity contribution in [2.24, 2.45) is 0 Å². The Hall–Kier alpha value is -2.84. The van der Waals surface area contributed by atoms with Crippen LogP contribution in [0, 0.1) is 0 Å². The van der Waals surface area contributed by atoms with Gasteiger partial charge in [-0.15, -0.1) is 11.3 Å². The summed E-state index contributed by atoms with van der Waals surface area (Å²) in [5, 5.41) is 5.29. The summed E-state index contributed by atoms with van der Waals surface area (Å²) in [7, 11) is 0. The fourth-order valence-corrected chi connectivity index (χ4v) is 6.09. The highest BCUT2D eigenvalue weighted by atomic mass is 32.1. The summed E-state index contributed by atoms with van der Waals surface area (Å²) >= 11 is 1.94. The van der Waals surface area contributed by atoms with Crippen molar-refractivity contribution < 1.29 is 0 Å². The molecule has 1 nitrogen and oxygen atoms in total. The van der Waals surface area contributed by atoms with Crippen LogP contribution in [0.15, 0.2) is 97.1 Å². The van der Waals surface area contributed by atoms with Gasteiger partial charge in [-0.3, -0.25) is 0 Å². The lowest BCUT2D eigenvalue weighted by Crippen LogP contribution is -2.37. The Balaban J connectivity index is 1.72. The lowest BCUT2D eigenvalue weighted by Gasteiger charge is -2.37. The van der Waals surface area contributed by atoms with Crippen molar-refractivity contribution in [3.05, 3.63) is 124 Å². The highest BCUT2D eigenvalue weighted by Gasteiger charge is 2.37. The molecule has 1 heterocycles. The average molecular weight is 410 g/mol. The number of anilines is 1. The first-order chi connectivity index (χ1) is 14.8. The highest BCUT2D eigenvalue weighted by Crippen LogP contribution is 2.44. The molecule has 0 bridgehead atoms. The Kier molecular flexibility index (Phi) is 5.18. The molecule has 0 saturated heterocycles. The van der Waals surface area contributed by atoms with Crippen LogP contribution in [0.3, 0.4) is 0 Å². The van der Waals surface area contributed by atoms with Gasteiger partial charge in [-0.25, -0.2) is 0 Å². The topological polar surface area (TPSA) is 12.0 Å². The van der Waals surface area contributed by atoms with Crippen LogP contribution < -0.4 is 5.32 Å². The minimum Gasteiger partial charge on any atom is -0.360 e. The Bertz CT molecular complexity index is 1000. The second-order valence-corrected chi connectivity index (χ2v) is 9.39. The van der Waals surface area contributed by atoms with E-state index in [-0.39, 0.29) is 0 Å². The van der Waals surface area contributed by atoms with Crippen molar-refractivity contribution in [3.8, 4) is 0 Å². The van der Waals surface area contributed by atoms with Gasteiger partial charge in [0.15, 0.2) is 0 Å². The predicted octanol–water partition coefficient (Wildman–Crippen LogP) is 7.59. The standard InChI is InChI=1S/C28H27NS/c1-21-12-11-19-26-25(21)20-27(30-26)29-28(22-13-5-2-6-14-22,23-15-7-3-8-16-23)24-17-9-4-10-18-24/h2-10,13-18,20-21,29H,11-12,19H2,1H3. The SMILES string of the molecule is CC1CCCc2sc(NC(c3ccccc3)(c3ccccc3)c3ccccc3)cc21. The third kappa shape index (κ3) is 3.36. The molecule has 150 valence electrons. The van der Waals surface area contributed by atoms with Crippen LogP contribution in [0.4, 0.5) is 5.00 Å². The first kappa shape index (κ1) is 19.1. The third-order valence-electron chi connectivity index (χ3n) is 6.34. The molecule has 1 atom stereocenters. The molecule has 0 amide bonds. The van der Waals surface area contributed by atoms with Crippen LogP contribution in [-0.2, 0) is 12.0 Å². The van der Waals surface area contributed by atoms with Gasteiger partial charge >= 0.3 is 0 Å². The van der Waals surface area contributed by atoms with Crippen molar-refractivity contribution in [3.63, 3.8) is 0 Å². The maximum atomic E-state index is 4.04. The summed E-state index contributed by atoms with van der Waals surface area (Å²) in [6.07, 6.45) is 3.81. The first-order valence-electron chi connectivity index (χ1n) is 10.8. The first-order valence-corrected chi connectivity index (χ1v) is 11.7. The monoisotopic (exact) mass is 409 g/mol. The highest BCUT2D eigenvalue weighted by molar-refractivity contribution is 7.16. The molecular formula is C28H27NS. The Morgan fingerprint density at radius 1 is 0.767 bits per heavy atom. The quantitative estimate of drug-likeness (QED) is 0.335. The van der Waals surface area contributed by atoms with Gasteiger partial charge in [0.05, 0.1) is 5.00 Å². The molecule has 1 aliphatic carbocycles. The Morgan fingerprint density at radius 3 is 1.73 bits per heavy atom. The Morgan fingerprint density at radius 2 is 1.27 bits per heavy atom. The van der Waals surface area contributed by atoms with Gasteiger partial charge in [-0.2, -0.15) is 0 Å². The molecule has 0 aliphatic heterocycles. The zero-order chi connectivity index (χ0) is 20.4. The fraction of sp³-hybridized carbons (Fsp3) is 0.214. The molecule has 0 radical (unpaired) electrons. The van der Waals surface area contributed by atoms with Crippen LogP contribution in [0.1, 0.15) is 52.8 Å². The molecule has 3 aromatic carbocycles. The summed E-state index contributed by atoms with van der Waals surface area (Å²) in [4.78, 5) is 1.55. The largest absolute Gasteiger partial charge is 0.360 e. The van der Waals surface area contributed by atoms with E-state index in [4.69, 9.17) is 0 Å². The molecule has 30 heavy (non-hydrogen) atoms. The summed E-state index contributed by atoms with van der Waals surface area (Å²) in [5.74, 6) is 0.653. The molecule has 0 spiro atoms. The van der Waals surface area contributed by atoms with E-state index < -0.39 is 5.54 Å². The number of nitrogens with one attached hydrogen (secondary N) is 1. The lowest BCUT2D eigenvalue weighted by atomic mass is 9.77. The minimum absolute atomic E-state index is 0.444. The van der Waals surface area contributed by atoms with Gasteiger partial charge in [0, 0.05) is 4.88 Å². The molecule has 4 aromatic rings. The van der Waals surface area contributed by atoms with Crippen LogP contribution in [-0.4, -0.2) is 0 Å². The zero-order valence-electron chi connectivity index (χ0n) is 17.3. The molecular weight excluding hydrogens is 382 g/mol. The number of hydrogen-bond acceptors (Lipinski definition) is 2. The maximum absolute atomic E-state index is 4.04.